The van der Waals surface area contributed by atoms with E-state index in [0.717, 1.165) is 0 Å². The van der Waals surface area contributed by atoms with Gasteiger partial charge in [0.2, 0.25) is 5.24 Å². The van der Waals surface area contributed by atoms with Crippen LogP contribution in [0.4, 0.5) is 0 Å². The van der Waals surface area contributed by atoms with E-state index in [0.29, 0.717) is 11.3 Å². The quantitative estimate of drug-likeness (QED) is 0.429. The molecule has 3 heteroatoms. The van der Waals surface area contributed by atoms with Gasteiger partial charge in [-0.25, -0.2) is 0 Å². The maximum absolute atomic E-state index is 10.2. The molecule has 0 bridgehead atoms. The van der Waals surface area contributed by atoms with Crippen LogP contribution in [0.15, 0.2) is 11.3 Å². The zero-order valence-corrected chi connectivity index (χ0v) is 5.62. The summed E-state index contributed by atoms with van der Waals surface area (Å²) in [6.45, 7) is 3.22. The molecule has 0 aromatic rings. The van der Waals surface area contributed by atoms with E-state index in [1.54, 1.807) is 13.8 Å². The maximum Gasteiger partial charge on any atom is 0.249 e. The van der Waals surface area contributed by atoms with E-state index >= 15 is 0 Å². The van der Waals surface area contributed by atoms with Gasteiger partial charge in [-0.2, -0.15) is 0 Å². The number of rotatable bonds is 1. The largest absolute Gasteiger partial charge is 0.402 e. The van der Waals surface area contributed by atoms with Crippen molar-refractivity contribution < 1.29 is 4.79 Å². The molecule has 0 radical (unpaired) electrons. The molecule has 0 heterocycles. The summed E-state index contributed by atoms with van der Waals surface area (Å²) in [7, 11) is 0. The van der Waals surface area contributed by atoms with Crippen LogP contribution in [-0.4, -0.2) is 5.24 Å². The second-order valence-corrected chi connectivity index (χ2v) is 1.93. The van der Waals surface area contributed by atoms with Crippen molar-refractivity contribution >= 4 is 16.8 Å². The van der Waals surface area contributed by atoms with Crippen LogP contribution in [0.1, 0.15) is 13.8 Å². The summed E-state index contributed by atoms with van der Waals surface area (Å²) < 4.78 is 0. The minimum atomic E-state index is -0.481. The van der Waals surface area contributed by atoms with Gasteiger partial charge in [-0.3, -0.25) is 4.79 Å². The number of nitrogens with two attached hydrogens (primary N) is 1. The lowest BCUT2D eigenvalue weighted by Gasteiger charge is -1.92. The van der Waals surface area contributed by atoms with Crippen molar-refractivity contribution in [1.82, 2.24) is 0 Å². The monoisotopic (exact) mass is 133 g/mol. The lowest BCUT2D eigenvalue weighted by Crippen LogP contribution is -2.00. The van der Waals surface area contributed by atoms with Crippen molar-refractivity contribution in [2.24, 2.45) is 5.73 Å². The van der Waals surface area contributed by atoms with E-state index in [2.05, 4.69) is 0 Å². The van der Waals surface area contributed by atoms with Crippen LogP contribution in [0, 0.1) is 0 Å². The predicted octanol–water partition coefficient (Wildman–Crippen LogP) is 1.00. The fourth-order valence-electron chi connectivity index (χ4n) is 0.155. The molecule has 0 aromatic heterocycles. The fourth-order valence-corrected chi connectivity index (χ4v) is 0.304. The van der Waals surface area contributed by atoms with E-state index in [1.807, 2.05) is 0 Å². The lowest BCUT2D eigenvalue weighted by atomic mass is 10.3. The first-order chi connectivity index (χ1) is 3.55. The molecule has 2 nitrogen and oxygen atoms in total. The van der Waals surface area contributed by atoms with Gasteiger partial charge in [0, 0.05) is 11.3 Å². The molecule has 0 atom stereocenters. The van der Waals surface area contributed by atoms with Gasteiger partial charge in [-0.1, -0.05) is 0 Å². The number of halogens is 1. The molecule has 2 N–H and O–H groups in total. The van der Waals surface area contributed by atoms with Gasteiger partial charge in [0.1, 0.15) is 0 Å². The van der Waals surface area contributed by atoms with E-state index < -0.39 is 5.24 Å². The summed E-state index contributed by atoms with van der Waals surface area (Å²) >= 11 is 5.05. The highest BCUT2D eigenvalue weighted by Crippen LogP contribution is 2.00. The number of allylic oxidation sites excluding steroid dienone is 2. The Morgan fingerprint density at radius 1 is 1.50 bits per heavy atom. The van der Waals surface area contributed by atoms with Gasteiger partial charge in [0.05, 0.1) is 0 Å². The molecule has 0 spiro atoms. The summed E-state index contributed by atoms with van der Waals surface area (Å²) in [6, 6.07) is 0. The van der Waals surface area contributed by atoms with E-state index in [-0.39, 0.29) is 0 Å². The molecular formula is C5H8ClNO. The topological polar surface area (TPSA) is 43.1 Å². The second-order valence-electron chi connectivity index (χ2n) is 1.58. The highest BCUT2D eigenvalue weighted by Gasteiger charge is 1.99. The average molecular weight is 134 g/mol. The normalized spacial score (nSPS) is 12.9. The van der Waals surface area contributed by atoms with Gasteiger partial charge in [0.25, 0.3) is 0 Å². The Labute approximate surface area is 53.3 Å². The number of carbonyl (C=O) groups is 1. The van der Waals surface area contributed by atoms with Crippen molar-refractivity contribution in [2.45, 2.75) is 13.8 Å². The van der Waals surface area contributed by atoms with Crippen LogP contribution in [0.5, 0.6) is 0 Å². The van der Waals surface area contributed by atoms with Gasteiger partial charge in [0.15, 0.2) is 0 Å². The summed E-state index contributed by atoms with van der Waals surface area (Å²) in [5.41, 5.74) is 6.11. The minimum Gasteiger partial charge on any atom is -0.402 e. The predicted molar refractivity (Wildman–Crippen MR) is 33.4 cm³/mol. The molecule has 0 rings (SSSR count). The summed E-state index contributed by atoms with van der Waals surface area (Å²) in [6.07, 6.45) is 0. The first kappa shape index (κ1) is 7.50. The van der Waals surface area contributed by atoms with E-state index in [9.17, 15) is 4.79 Å². The lowest BCUT2D eigenvalue weighted by molar-refractivity contribution is -0.108. The van der Waals surface area contributed by atoms with Crippen LogP contribution in [0.3, 0.4) is 0 Å². The zero-order valence-electron chi connectivity index (χ0n) is 4.86. The van der Waals surface area contributed by atoms with Crippen LogP contribution in [0.25, 0.3) is 0 Å². The van der Waals surface area contributed by atoms with Gasteiger partial charge in [-0.05, 0) is 25.4 Å². The Balaban J connectivity index is 4.23. The average Bonchev–Trinajstić information content (AvgIpc) is 1.64. The highest BCUT2D eigenvalue weighted by atomic mass is 35.5. The van der Waals surface area contributed by atoms with Crippen LogP contribution in [0.2, 0.25) is 0 Å². The fraction of sp³-hybridized carbons (Fsp3) is 0.400. The van der Waals surface area contributed by atoms with E-state index in [1.165, 1.54) is 0 Å². The maximum atomic E-state index is 10.2. The molecule has 0 amide bonds. The summed E-state index contributed by atoms with van der Waals surface area (Å²) in [5, 5.41) is -0.481. The Bertz CT molecular complexity index is 135. The van der Waals surface area contributed by atoms with Gasteiger partial charge >= 0.3 is 0 Å². The third-order valence-electron chi connectivity index (χ3n) is 0.886. The molecule has 0 saturated carbocycles. The summed E-state index contributed by atoms with van der Waals surface area (Å²) in [4.78, 5) is 10.2. The highest BCUT2D eigenvalue weighted by molar-refractivity contribution is 6.67. The first-order valence-corrected chi connectivity index (χ1v) is 2.56. The van der Waals surface area contributed by atoms with Crippen molar-refractivity contribution in [3.8, 4) is 0 Å². The molecule has 46 valence electrons. The van der Waals surface area contributed by atoms with Crippen molar-refractivity contribution in [1.29, 1.82) is 0 Å². The minimum absolute atomic E-state index is 0.423. The van der Waals surface area contributed by atoms with Crippen LogP contribution in [-0.2, 0) is 4.79 Å². The smallest absolute Gasteiger partial charge is 0.249 e. The Kier molecular flexibility index (Phi) is 2.55. The Hall–Kier alpha value is -0.500. The molecule has 0 fully saturated rings. The third-order valence-corrected chi connectivity index (χ3v) is 1.17. The molecule has 0 aliphatic rings. The molecule has 0 aromatic carbocycles. The van der Waals surface area contributed by atoms with Gasteiger partial charge < -0.3 is 5.73 Å². The Morgan fingerprint density at radius 2 is 1.88 bits per heavy atom. The molecule has 0 aliphatic heterocycles. The van der Waals surface area contributed by atoms with Crippen molar-refractivity contribution in [3.05, 3.63) is 11.3 Å². The third kappa shape index (κ3) is 1.98. The zero-order chi connectivity index (χ0) is 6.73. The van der Waals surface area contributed by atoms with Crippen LogP contribution >= 0.6 is 11.6 Å². The molecule has 0 unspecified atom stereocenters. The molecule has 0 aliphatic carbocycles. The Morgan fingerprint density at radius 3 is 1.88 bits per heavy atom. The van der Waals surface area contributed by atoms with E-state index in [4.69, 9.17) is 17.3 Å². The summed E-state index contributed by atoms with van der Waals surface area (Å²) in [5.74, 6) is 0. The second kappa shape index (κ2) is 2.72. The number of hydrogen-bond donors (Lipinski definition) is 1. The number of hydrogen-bond acceptors (Lipinski definition) is 2. The van der Waals surface area contributed by atoms with Crippen molar-refractivity contribution in [3.63, 3.8) is 0 Å². The molecular weight excluding hydrogens is 126 g/mol. The first-order valence-electron chi connectivity index (χ1n) is 2.18. The van der Waals surface area contributed by atoms with Gasteiger partial charge in [-0.15, -0.1) is 0 Å². The standard InChI is InChI=1S/C5H8ClNO/c1-3(4(2)7)5(6)8/h7H2,1-2H3/b4-3-. The molecule has 0 saturated heterocycles. The molecule has 8 heavy (non-hydrogen) atoms. The van der Waals surface area contributed by atoms with Crippen LogP contribution < -0.4 is 5.73 Å². The number of carbonyl (C=O) groups excluding carboxylic acids is 1. The van der Waals surface area contributed by atoms with Crippen molar-refractivity contribution in [2.75, 3.05) is 0 Å². The SMILES string of the molecule is C/C(N)=C(\C)C(=O)Cl.